The SMILES string of the molecule is CC(=O)N1CCc2ccccc2[C@H]1c1c(O)n(-c2c(C)cc(C)cc2C)c(=O)[nH]c1=O. The second-order valence-corrected chi connectivity index (χ2v) is 8.14. The highest BCUT2D eigenvalue weighted by atomic mass is 16.3. The lowest BCUT2D eigenvalue weighted by molar-refractivity contribution is -0.130. The van der Waals surface area contributed by atoms with E-state index in [4.69, 9.17) is 0 Å². The highest BCUT2D eigenvalue weighted by molar-refractivity contribution is 5.75. The second-order valence-electron chi connectivity index (χ2n) is 8.14. The van der Waals surface area contributed by atoms with Gasteiger partial charge in [-0.05, 0) is 49.4 Å². The summed E-state index contributed by atoms with van der Waals surface area (Å²) in [4.78, 5) is 42.2. The van der Waals surface area contributed by atoms with Crippen molar-refractivity contribution in [2.24, 2.45) is 0 Å². The van der Waals surface area contributed by atoms with Crippen LogP contribution in [0.2, 0.25) is 0 Å². The Labute approximate surface area is 179 Å². The third-order valence-electron chi connectivity index (χ3n) is 5.94. The smallest absolute Gasteiger partial charge is 0.335 e. The van der Waals surface area contributed by atoms with Crippen LogP contribution in [-0.2, 0) is 11.2 Å². The minimum absolute atomic E-state index is 0.0127. The molecule has 4 rings (SSSR count). The first-order valence-corrected chi connectivity index (χ1v) is 10.2. The van der Waals surface area contributed by atoms with Gasteiger partial charge < -0.3 is 10.0 Å². The summed E-state index contributed by atoms with van der Waals surface area (Å²) in [5.41, 5.74) is 3.47. The van der Waals surface area contributed by atoms with E-state index in [0.717, 1.165) is 32.4 Å². The number of carbonyl (C=O) groups excluding carboxylic acids is 1. The summed E-state index contributed by atoms with van der Waals surface area (Å²) < 4.78 is 1.14. The number of aromatic hydroxyl groups is 1. The molecule has 0 spiro atoms. The largest absolute Gasteiger partial charge is 0.494 e. The zero-order chi connectivity index (χ0) is 22.4. The Bertz CT molecular complexity index is 1300. The third-order valence-corrected chi connectivity index (χ3v) is 5.94. The lowest BCUT2D eigenvalue weighted by Crippen LogP contribution is -2.43. The lowest BCUT2D eigenvalue weighted by atomic mass is 9.88. The van der Waals surface area contributed by atoms with E-state index >= 15 is 0 Å². The third kappa shape index (κ3) is 3.36. The molecule has 0 aliphatic carbocycles. The van der Waals surface area contributed by atoms with Crippen LogP contribution in [0.3, 0.4) is 0 Å². The molecule has 0 unspecified atom stereocenters. The Morgan fingerprint density at radius 1 is 1.10 bits per heavy atom. The fraction of sp³-hybridized carbons (Fsp3) is 0.292. The molecular formula is C24H25N3O4. The van der Waals surface area contributed by atoms with E-state index in [0.29, 0.717) is 18.7 Å². The zero-order valence-corrected chi connectivity index (χ0v) is 18.0. The van der Waals surface area contributed by atoms with E-state index < -0.39 is 23.2 Å². The molecule has 7 heteroatoms. The molecule has 2 N–H and O–H groups in total. The van der Waals surface area contributed by atoms with Gasteiger partial charge >= 0.3 is 5.69 Å². The van der Waals surface area contributed by atoms with E-state index in [-0.39, 0.29) is 11.5 Å². The number of fused-ring (bicyclic) bond motifs is 1. The number of amides is 1. The van der Waals surface area contributed by atoms with E-state index in [1.54, 1.807) is 4.90 Å². The molecule has 0 fully saturated rings. The predicted molar refractivity (Wildman–Crippen MR) is 118 cm³/mol. The van der Waals surface area contributed by atoms with Gasteiger partial charge in [0.05, 0.1) is 11.7 Å². The number of rotatable bonds is 2. The van der Waals surface area contributed by atoms with Crippen LogP contribution in [-0.4, -0.2) is 32.0 Å². The summed E-state index contributed by atoms with van der Waals surface area (Å²) in [6.07, 6.45) is 0.654. The number of aromatic nitrogens is 2. The van der Waals surface area contributed by atoms with Crippen molar-refractivity contribution in [3.8, 4) is 11.6 Å². The highest BCUT2D eigenvalue weighted by Gasteiger charge is 2.35. The summed E-state index contributed by atoms with van der Waals surface area (Å²) in [6.45, 7) is 7.51. The van der Waals surface area contributed by atoms with Gasteiger partial charge in [0.15, 0.2) is 0 Å². The summed E-state index contributed by atoms with van der Waals surface area (Å²) in [5.74, 6) is -0.657. The number of nitrogens with zero attached hydrogens (tertiary/aromatic N) is 2. The maximum absolute atomic E-state index is 13.0. The van der Waals surface area contributed by atoms with E-state index in [1.165, 1.54) is 6.92 Å². The molecule has 0 radical (unpaired) electrons. The van der Waals surface area contributed by atoms with Gasteiger partial charge in [0.25, 0.3) is 5.56 Å². The van der Waals surface area contributed by atoms with Crippen molar-refractivity contribution in [1.82, 2.24) is 14.5 Å². The topological polar surface area (TPSA) is 95.4 Å². The summed E-state index contributed by atoms with van der Waals surface area (Å²) in [7, 11) is 0. The number of nitrogens with one attached hydrogen (secondary N) is 1. The Morgan fingerprint density at radius 2 is 1.74 bits per heavy atom. The van der Waals surface area contributed by atoms with Crippen LogP contribution in [0, 0.1) is 20.8 Å². The molecule has 0 saturated carbocycles. The second kappa shape index (κ2) is 7.58. The van der Waals surface area contributed by atoms with E-state index in [1.807, 2.05) is 57.2 Å². The van der Waals surface area contributed by atoms with Crippen molar-refractivity contribution in [3.63, 3.8) is 0 Å². The Hall–Kier alpha value is -3.61. The number of aromatic amines is 1. The first-order chi connectivity index (χ1) is 14.7. The molecule has 1 aliphatic rings. The van der Waals surface area contributed by atoms with Crippen LogP contribution in [0.4, 0.5) is 0 Å². The maximum Gasteiger partial charge on any atom is 0.335 e. The van der Waals surface area contributed by atoms with Crippen molar-refractivity contribution >= 4 is 5.91 Å². The molecule has 1 aromatic heterocycles. The molecule has 2 heterocycles. The van der Waals surface area contributed by atoms with Gasteiger partial charge in [-0.2, -0.15) is 0 Å². The maximum atomic E-state index is 13.0. The van der Waals surface area contributed by atoms with Crippen LogP contribution < -0.4 is 11.2 Å². The van der Waals surface area contributed by atoms with Gasteiger partial charge in [-0.1, -0.05) is 42.0 Å². The van der Waals surface area contributed by atoms with Crippen molar-refractivity contribution < 1.29 is 9.90 Å². The lowest BCUT2D eigenvalue weighted by Gasteiger charge is -2.37. The average Bonchev–Trinajstić information content (AvgIpc) is 2.69. The van der Waals surface area contributed by atoms with Crippen molar-refractivity contribution in [2.45, 2.75) is 40.2 Å². The van der Waals surface area contributed by atoms with Gasteiger partial charge in [-0.25, -0.2) is 9.36 Å². The number of benzene rings is 2. The Kier molecular flexibility index (Phi) is 5.05. The minimum Gasteiger partial charge on any atom is -0.494 e. The van der Waals surface area contributed by atoms with Gasteiger partial charge in [0.2, 0.25) is 11.8 Å². The fourth-order valence-electron chi connectivity index (χ4n) is 4.73. The monoisotopic (exact) mass is 419 g/mol. The first kappa shape index (κ1) is 20.7. The summed E-state index contributed by atoms with van der Waals surface area (Å²) in [5, 5.41) is 11.3. The van der Waals surface area contributed by atoms with Crippen molar-refractivity contribution in [2.75, 3.05) is 6.54 Å². The number of carbonyl (C=O) groups is 1. The molecule has 2 aromatic carbocycles. The Balaban J connectivity index is 2.05. The van der Waals surface area contributed by atoms with E-state index in [9.17, 15) is 19.5 Å². The van der Waals surface area contributed by atoms with Crippen LogP contribution >= 0.6 is 0 Å². The molecule has 1 amide bonds. The molecule has 0 saturated heterocycles. The van der Waals surface area contributed by atoms with Gasteiger partial charge in [0.1, 0.15) is 5.56 Å². The summed E-state index contributed by atoms with van der Waals surface area (Å²) in [6, 6.07) is 10.6. The summed E-state index contributed by atoms with van der Waals surface area (Å²) >= 11 is 0. The average molecular weight is 419 g/mol. The van der Waals surface area contributed by atoms with Crippen LogP contribution in [0.1, 0.15) is 46.3 Å². The standard InChI is InChI=1S/C24H25N3O4/c1-13-11-14(2)20(15(3)12-13)27-23(30)19(22(29)25-24(27)31)21-18-8-6-5-7-17(18)9-10-26(21)16(4)28/h5-8,11-12,21,30H,9-10H2,1-4H3,(H,25,29,31)/t21-/m0/s1. The van der Waals surface area contributed by atoms with Crippen LogP contribution in [0.15, 0.2) is 46.0 Å². The van der Waals surface area contributed by atoms with E-state index in [2.05, 4.69) is 4.98 Å². The van der Waals surface area contributed by atoms with Gasteiger partial charge in [-0.3, -0.25) is 14.6 Å². The van der Waals surface area contributed by atoms with Crippen LogP contribution in [0.5, 0.6) is 5.88 Å². The number of aryl methyl sites for hydroxylation is 3. The normalized spacial score (nSPS) is 15.6. The van der Waals surface area contributed by atoms with Gasteiger partial charge in [0, 0.05) is 13.5 Å². The quantitative estimate of drug-likeness (QED) is 0.668. The van der Waals surface area contributed by atoms with Gasteiger partial charge in [-0.15, -0.1) is 0 Å². The molecule has 7 nitrogen and oxygen atoms in total. The molecule has 0 bridgehead atoms. The minimum atomic E-state index is -0.788. The van der Waals surface area contributed by atoms with Crippen LogP contribution in [0.25, 0.3) is 5.69 Å². The molecule has 1 atom stereocenters. The fourth-order valence-corrected chi connectivity index (χ4v) is 4.73. The number of hydrogen-bond acceptors (Lipinski definition) is 4. The molecular weight excluding hydrogens is 394 g/mol. The van der Waals surface area contributed by atoms with Crippen molar-refractivity contribution in [1.29, 1.82) is 0 Å². The molecule has 160 valence electrons. The highest BCUT2D eigenvalue weighted by Crippen LogP contribution is 2.37. The zero-order valence-electron chi connectivity index (χ0n) is 18.0. The first-order valence-electron chi connectivity index (χ1n) is 10.2. The van der Waals surface area contributed by atoms with Crippen molar-refractivity contribution in [3.05, 3.63) is 90.6 Å². The predicted octanol–water partition coefficient (Wildman–Crippen LogP) is 2.65. The molecule has 31 heavy (non-hydrogen) atoms. The molecule has 3 aromatic rings. The number of hydrogen-bond donors (Lipinski definition) is 2. The Morgan fingerprint density at radius 3 is 2.39 bits per heavy atom. The number of H-pyrrole nitrogens is 1. The molecule has 1 aliphatic heterocycles.